The second-order valence-electron chi connectivity index (χ2n) is 7.61. The van der Waals surface area contributed by atoms with Crippen molar-refractivity contribution in [3.63, 3.8) is 0 Å². The summed E-state index contributed by atoms with van der Waals surface area (Å²) in [7, 11) is 0. The van der Waals surface area contributed by atoms with Crippen molar-refractivity contribution in [2.45, 2.75) is 33.2 Å². The second-order valence-corrected chi connectivity index (χ2v) is 7.61. The summed E-state index contributed by atoms with van der Waals surface area (Å²) in [5.41, 5.74) is 1.10. The van der Waals surface area contributed by atoms with E-state index in [0.717, 1.165) is 51.4 Å². The van der Waals surface area contributed by atoms with Gasteiger partial charge in [0.25, 0.3) is 0 Å². The monoisotopic (exact) mass is 346 g/mol. The first-order valence-corrected chi connectivity index (χ1v) is 9.37. The van der Waals surface area contributed by atoms with Gasteiger partial charge in [-0.1, -0.05) is 19.1 Å². The molecule has 0 spiro atoms. The number of piperidine rings is 1. The Kier molecular flexibility index (Phi) is 5.64. The first-order valence-electron chi connectivity index (χ1n) is 9.37. The summed E-state index contributed by atoms with van der Waals surface area (Å²) in [5.74, 6) is 1.51. The highest BCUT2D eigenvalue weighted by Gasteiger charge is 2.49. The summed E-state index contributed by atoms with van der Waals surface area (Å²) in [6.45, 7) is 8.87. The number of hydrogen-bond donors (Lipinski definition) is 1. The minimum atomic E-state index is -0.159. The summed E-state index contributed by atoms with van der Waals surface area (Å²) < 4.78 is 5.64. The molecule has 5 nitrogen and oxygen atoms in total. The normalized spacial score (nSPS) is 26.5. The molecule has 138 valence electrons. The van der Waals surface area contributed by atoms with Crippen molar-refractivity contribution in [2.75, 3.05) is 39.4 Å². The quantitative estimate of drug-likeness (QED) is 0.857. The van der Waals surface area contributed by atoms with Crippen molar-refractivity contribution in [1.29, 1.82) is 0 Å². The number of ether oxygens (including phenoxy) is 1. The van der Waals surface area contributed by atoms with Crippen LogP contribution in [0, 0.1) is 11.3 Å². The van der Waals surface area contributed by atoms with Gasteiger partial charge in [-0.3, -0.25) is 9.69 Å². The van der Waals surface area contributed by atoms with Gasteiger partial charge in [-0.2, -0.15) is 0 Å². The molecule has 0 aliphatic carbocycles. The van der Waals surface area contributed by atoms with Gasteiger partial charge in [-0.25, -0.2) is 0 Å². The highest BCUT2D eigenvalue weighted by Crippen LogP contribution is 2.42. The van der Waals surface area contributed by atoms with E-state index in [1.807, 2.05) is 17.0 Å². The van der Waals surface area contributed by atoms with E-state index in [-0.39, 0.29) is 17.9 Å². The van der Waals surface area contributed by atoms with E-state index in [2.05, 4.69) is 24.0 Å². The number of hydrogen-bond acceptors (Lipinski definition) is 4. The Hall–Kier alpha value is -1.59. The van der Waals surface area contributed by atoms with Crippen LogP contribution in [0.5, 0.6) is 5.75 Å². The van der Waals surface area contributed by atoms with Gasteiger partial charge in [0.05, 0.1) is 13.2 Å². The van der Waals surface area contributed by atoms with Gasteiger partial charge in [-0.05, 0) is 36.5 Å². The van der Waals surface area contributed by atoms with E-state index in [0.29, 0.717) is 12.5 Å². The van der Waals surface area contributed by atoms with Crippen LogP contribution in [0.3, 0.4) is 0 Å². The van der Waals surface area contributed by atoms with E-state index in [1.165, 1.54) is 5.56 Å². The molecule has 0 saturated carbocycles. The number of fused-ring (bicyclic) bond motifs is 1. The van der Waals surface area contributed by atoms with Gasteiger partial charge >= 0.3 is 0 Å². The van der Waals surface area contributed by atoms with Crippen molar-refractivity contribution < 1.29 is 14.6 Å². The zero-order valence-electron chi connectivity index (χ0n) is 15.4. The lowest BCUT2D eigenvalue weighted by atomic mass is 9.74. The van der Waals surface area contributed by atoms with Gasteiger partial charge in [0, 0.05) is 45.1 Å². The van der Waals surface area contributed by atoms with Crippen LogP contribution in [-0.2, 0) is 11.3 Å². The highest BCUT2D eigenvalue weighted by molar-refractivity contribution is 5.73. The number of carbonyl (C=O) groups is 1. The zero-order chi connectivity index (χ0) is 17.9. The number of nitrogens with zero attached hydrogens (tertiary/aromatic N) is 2. The molecule has 0 aromatic heterocycles. The third-order valence-corrected chi connectivity index (χ3v) is 5.70. The summed E-state index contributed by atoms with van der Waals surface area (Å²) >= 11 is 0. The number of benzene rings is 1. The maximum atomic E-state index is 11.7. The predicted octanol–water partition coefficient (Wildman–Crippen LogP) is 2.14. The van der Waals surface area contributed by atoms with Crippen LogP contribution in [0.1, 0.15) is 32.3 Å². The fourth-order valence-electron chi connectivity index (χ4n) is 4.28. The molecular weight excluding hydrogens is 316 g/mol. The van der Waals surface area contributed by atoms with E-state index in [1.54, 1.807) is 6.92 Å². The van der Waals surface area contributed by atoms with Crippen molar-refractivity contribution in [3.8, 4) is 5.75 Å². The van der Waals surface area contributed by atoms with E-state index in [4.69, 9.17) is 4.74 Å². The van der Waals surface area contributed by atoms with E-state index >= 15 is 0 Å². The fraction of sp³-hybridized carbons (Fsp3) is 0.650. The fourth-order valence-corrected chi connectivity index (χ4v) is 4.28. The van der Waals surface area contributed by atoms with Crippen LogP contribution in [-0.4, -0.2) is 60.2 Å². The van der Waals surface area contributed by atoms with Gasteiger partial charge < -0.3 is 14.7 Å². The number of aliphatic hydroxyl groups is 1. The van der Waals surface area contributed by atoms with Gasteiger partial charge in [0.15, 0.2) is 0 Å². The predicted molar refractivity (Wildman–Crippen MR) is 97.4 cm³/mol. The average Bonchev–Trinajstić information content (AvgIpc) is 2.98. The molecule has 1 aromatic rings. The smallest absolute Gasteiger partial charge is 0.219 e. The van der Waals surface area contributed by atoms with Gasteiger partial charge in [-0.15, -0.1) is 0 Å². The van der Waals surface area contributed by atoms with Gasteiger partial charge in [0.1, 0.15) is 5.75 Å². The van der Waals surface area contributed by atoms with Crippen LogP contribution in [0.15, 0.2) is 24.3 Å². The third-order valence-electron chi connectivity index (χ3n) is 5.70. The Morgan fingerprint density at radius 1 is 1.32 bits per heavy atom. The molecule has 1 amide bonds. The molecule has 2 heterocycles. The van der Waals surface area contributed by atoms with Gasteiger partial charge in [0.2, 0.25) is 5.91 Å². The maximum Gasteiger partial charge on any atom is 0.219 e. The Morgan fingerprint density at radius 2 is 2.08 bits per heavy atom. The summed E-state index contributed by atoms with van der Waals surface area (Å²) in [4.78, 5) is 16.1. The Balaban J connectivity index is 1.62. The Labute approximate surface area is 150 Å². The number of rotatable bonds is 6. The Morgan fingerprint density at radius 3 is 2.72 bits per heavy atom. The lowest BCUT2D eigenvalue weighted by molar-refractivity contribution is -0.134. The first-order chi connectivity index (χ1) is 12.1. The molecule has 2 saturated heterocycles. The van der Waals surface area contributed by atoms with Crippen LogP contribution >= 0.6 is 0 Å². The molecule has 0 radical (unpaired) electrons. The molecule has 2 fully saturated rings. The molecule has 1 N–H and O–H groups in total. The van der Waals surface area contributed by atoms with Crippen molar-refractivity contribution in [3.05, 3.63) is 29.8 Å². The third kappa shape index (κ3) is 3.98. The molecule has 25 heavy (non-hydrogen) atoms. The molecule has 2 unspecified atom stereocenters. The second kappa shape index (κ2) is 7.75. The highest BCUT2D eigenvalue weighted by atomic mass is 16.5. The van der Waals surface area contributed by atoms with Crippen LogP contribution in [0.4, 0.5) is 0 Å². The van der Waals surface area contributed by atoms with Crippen LogP contribution in [0.25, 0.3) is 0 Å². The van der Waals surface area contributed by atoms with Crippen molar-refractivity contribution >= 4 is 5.91 Å². The lowest BCUT2D eigenvalue weighted by Gasteiger charge is -2.42. The zero-order valence-corrected chi connectivity index (χ0v) is 15.4. The lowest BCUT2D eigenvalue weighted by Crippen LogP contribution is -2.52. The van der Waals surface area contributed by atoms with Crippen LogP contribution in [0.2, 0.25) is 0 Å². The minimum absolute atomic E-state index is 0.118. The standard InChI is InChI=1S/C20H30N2O3/c1-3-10-25-19-6-4-17(5-7-19)11-21-12-18-8-9-22(16(2)24)14-20(18,13-21)15-23/h4-7,18,23H,3,8-15H2,1-2H3. The largest absolute Gasteiger partial charge is 0.494 e. The van der Waals surface area contributed by atoms with Crippen molar-refractivity contribution in [1.82, 2.24) is 9.80 Å². The number of carbonyl (C=O) groups excluding carboxylic acids is 1. The summed E-state index contributed by atoms with van der Waals surface area (Å²) in [6.07, 6.45) is 2.00. The average molecular weight is 346 g/mol. The van der Waals surface area contributed by atoms with E-state index in [9.17, 15) is 9.90 Å². The molecule has 1 aromatic carbocycles. The number of aliphatic hydroxyl groups excluding tert-OH is 1. The molecule has 2 aliphatic heterocycles. The molecule has 0 bridgehead atoms. The molecule has 2 atom stereocenters. The SMILES string of the molecule is CCCOc1ccc(CN2CC3CCN(C(C)=O)CC3(CO)C2)cc1. The summed E-state index contributed by atoms with van der Waals surface area (Å²) in [5, 5.41) is 10.1. The first kappa shape index (κ1) is 18.2. The van der Waals surface area contributed by atoms with E-state index < -0.39 is 0 Å². The molecule has 5 heteroatoms. The Bertz CT molecular complexity index is 589. The molecular formula is C20H30N2O3. The molecule has 3 rings (SSSR count). The van der Waals surface area contributed by atoms with Crippen LogP contribution < -0.4 is 4.74 Å². The topological polar surface area (TPSA) is 53.0 Å². The maximum absolute atomic E-state index is 11.7. The number of likely N-dealkylation sites (tertiary alicyclic amines) is 2. The summed E-state index contributed by atoms with van der Waals surface area (Å²) in [6, 6.07) is 8.32. The molecule has 2 aliphatic rings. The minimum Gasteiger partial charge on any atom is -0.494 e. The number of amides is 1. The van der Waals surface area contributed by atoms with Crippen molar-refractivity contribution in [2.24, 2.45) is 11.3 Å².